The van der Waals surface area contributed by atoms with Crippen LogP contribution in [0.25, 0.3) is 0 Å². The van der Waals surface area contributed by atoms with Gasteiger partial charge in [0.25, 0.3) is 0 Å². The van der Waals surface area contributed by atoms with Gasteiger partial charge in [0.05, 0.1) is 13.0 Å². The van der Waals surface area contributed by atoms with Crippen LogP contribution < -0.4 is 0 Å². The van der Waals surface area contributed by atoms with Crippen LogP contribution in [0, 0.1) is 11.8 Å². The highest BCUT2D eigenvalue weighted by atomic mass is 16.5. The second-order valence-electron chi connectivity index (χ2n) is 5.04. The molecule has 1 saturated carbocycles. The number of ether oxygens (including phenoxy) is 1. The molecule has 0 N–H and O–H groups in total. The molecule has 0 aromatic rings. The van der Waals surface area contributed by atoms with Crippen molar-refractivity contribution in [2.24, 2.45) is 11.8 Å². The summed E-state index contributed by atoms with van der Waals surface area (Å²) in [5, 5.41) is 0. The third-order valence-electron chi connectivity index (χ3n) is 3.84. The fourth-order valence-corrected chi connectivity index (χ4v) is 3.11. The summed E-state index contributed by atoms with van der Waals surface area (Å²) in [4.78, 5) is 14.0. The van der Waals surface area contributed by atoms with Gasteiger partial charge in [-0.3, -0.25) is 4.79 Å². The van der Waals surface area contributed by atoms with Gasteiger partial charge in [-0.05, 0) is 39.3 Å². The van der Waals surface area contributed by atoms with Gasteiger partial charge in [-0.2, -0.15) is 0 Å². The zero-order chi connectivity index (χ0) is 12.1. The number of hydrogen-bond acceptors (Lipinski definition) is 3. The lowest BCUT2D eigenvalue weighted by Gasteiger charge is -2.34. The predicted octanol–water partition coefficient (Wildman–Crippen LogP) is 2.31. The molecule has 0 bridgehead atoms. The molecule has 2 unspecified atom stereocenters. The molecule has 3 nitrogen and oxygen atoms in total. The minimum Gasteiger partial charge on any atom is -0.469 e. The normalized spacial score (nSPS) is 21.1. The summed E-state index contributed by atoms with van der Waals surface area (Å²) in [7, 11) is 5.65. The number of hydrogen-bond donors (Lipinski definition) is 0. The quantitative estimate of drug-likeness (QED) is 0.675. The highest BCUT2D eigenvalue weighted by Crippen LogP contribution is 2.34. The predicted molar refractivity (Wildman–Crippen MR) is 65.2 cm³/mol. The molecule has 0 saturated heterocycles. The molecule has 0 aliphatic heterocycles. The molecule has 16 heavy (non-hydrogen) atoms. The Morgan fingerprint density at radius 1 is 1.38 bits per heavy atom. The average Bonchev–Trinajstić information content (AvgIpc) is 2.77. The van der Waals surface area contributed by atoms with Gasteiger partial charge in [0.15, 0.2) is 0 Å². The second-order valence-corrected chi connectivity index (χ2v) is 5.04. The molecule has 0 amide bonds. The minimum absolute atomic E-state index is 0.0306. The molecule has 1 rings (SSSR count). The monoisotopic (exact) mass is 227 g/mol. The van der Waals surface area contributed by atoms with Gasteiger partial charge in [-0.15, -0.1) is 0 Å². The fraction of sp³-hybridized carbons (Fsp3) is 0.923. The first-order chi connectivity index (χ1) is 7.61. The first-order valence-electron chi connectivity index (χ1n) is 6.36. The lowest BCUT2D eigenvalue weighted by molar-refractivity contribution is -0.148. The van der Waals surface area contributed by atoms with Crippen molar-refractivity contribution in [2.45, 2.75) is 45.1 Å². The Morgan fingerprint density at radius 2 is 1.94 bits per heavy atom. The van der Waals surface area contributed by atoms with E-state index in [-0.39, 0.29) is 11.9 Å². The highest BCUT2D eigenvalue weighted by molar-refractivity contribution is 5.73. The van der Waals surface area contributed by atoms with Crippen LogP contribution in [-0.4, -0.2) is 38.1 Å². The number of methoxy groups -OCH3 is 1. The topological polar surface area (TPSA) is 29.5 Å². The van der Waals surface area contributed by atoms with Crippen LogP contribution in [0.15, 0.2) is 0 Å². The van der Waals surface area contributed by atoms with Crippen LogP contribution in [0.1, 0.15) is 39.0 Å². The molecule has 1 fully saturated rings. The van der Waals surface area contributed by atoms with Crippen LogP contribution in [-0.2, 0) is 9.53 Å². The van der Waals surface area contributed by atoms with Gasteiger partial charge in [0.2, 0.25) is 0 Å². The standard InChI is InChI=1S/C13H25NO2/c1-5-11(13(15)16-4)12(14(2)3)10-8-6-7-9-10/h10-12H,5-9H2,1-4H3. The van der Waals surface area contributed by atoms with E-state index in [9.17, 15) is 4.79 Å². The maximum absolute atomic E-state index is 11.8. The molecule has 94 valence electrons. The molecule has 1 aliphatic carbocycles. The molecule has 3 heteroatoms. The van der Waals surface area contributed by atoms with Crippen molar-refractivity contribution in [2.75, 3.05) is 21.2 Å². The van der Waals surface area contributed by atoms with E-state index in [1.807, 2.05) is 0 Å². The molecule has 0 aromatic carbocycles. The van der Waals surface area contributed by atoms with Crippen molar-refractivity contribution in [1.29, 1.82) is 0 Å². The van der Waals surface area contributed by atoms with Crippen molar-refractivity contribution in [1.82, 2.24) is 4.90 Å². The molecular formula is C13H25NO2. The summed E-state index contributed by atoms with van der Waals surface area (Å²) in [6.07, 6.45) is 6.01. The third-order valence-corrected chi connectivity index (χ3v) is 3.84. The van der Waals surface area contributed by atoms with E-state index < -0.39 is 0 Å². The average molecular weight is 227 g/mol. The summed E-state index contributed by atoms with van der Waals surface area (Å²) in [5.41, 5.74) is 0. The lowest BCUT2D eigenvalue weighted by atomic mass is 9.84. The summed E-state index contributed by atoms with van der Waals surface area (Å²) >= 11 is 0. The zero-order valence-corrected chi connectivity index (χ0v) is 11.0. The number of rotatable bonds is 5. The van der Waals surface area contributed by atoms with Gasteiger partial charge < -0.3 is 9.64 Å². The summed E-state index contributed by atoms with van der Waals surface area (Å²) < 4.78 is 4.93. The van der Waals surface area contributed by atoms with Crippen LogP contribution in [0.3, 0.4) is 0 Å². The number of esters is 1. The minimum atomic E-state index is -0.0481. The second kappa shape index (κ2) is 6.24. The maximum Gasteiger partial charge on any atom is 0.310 e. The van der Waals surface area contributed by atoms with E-state index >= 15 is 0 Å². The zero-order valence-electron chi connectivity index (χ0n) is 11.0. The number of carbonyl (C=O) groups excluding carboxylic acids is 1. The molecule has 0 heterocycles. The summed E-state index contributed by atoms with van der Waals surface area (Å²) in [6.45, 7) is 2.08. The van der Waals surface area contributed by atoms with Crippen LogP contribution in [0.2, 0.25) is 0 Å². The Hall–Kier alpha value is -0.570. The molecule has 1 aliphatic rings. The van der Waals surface area contributed by atoms with Crippen molar-refractivity contribution in [3.05, 3.63) is 0 Å². The van der Waals surface area contributed by atoms with Gasteiger partial charge in [0.1, 0.15) is 0 Å². The number of nitrogens with zero attached hydrogens (tertiary/aromatic N) is 1. The molecule has 0 aromatic heterocycles. The van der Waals surface area contributed by atoms with Crippen molar-refractivity contribution in [3.8, 4) is 0 Å². The van der Waals surface area contributed by atoms with Gasteiger partial charge in [-0.1, -0.05) is 19.8 Å². The van der Waals surface area contributed by atoms with Crippen molar-refractivity contribution < 1.29 is 9.53 Å². The van der Waals surface area contributed by atoms with E-state index in [2.05, 4.69) is 25.9 Å². The van der Waals surface area contributed by atoms with Gasteiger partial charge in [0, 0.05) is 6.04 Å². The molecule has 0 radical (unpaired) electrons. The van der Waals surface area contributed by atoms with E-state index in [1.54, 1.807) is 0 Å². The molecular weight excluding hydrogens is 202 g/mol. The largest absolute Gasteiger partial charge is 0.469 e. The third kappa shape index (κ3) is 2.97. The van der Waals surface area contributed by atoms with Crippen LogP contribution in [0.5, 0.6) is 0 Å². The Labute approximate surface area is 99.1 Å². The van der Waals surface area contributed by atoms with E-state index in [0.29, 0.717) is 12.0 Å². The Bertz CT molecular complexity index is 222. The summed E-state index contributed by atoms with van der Waals surface area (Å²) in [5.74, 6) is 0.648. The molecule has 0 spiro atoms. The van der Waals surface area contributed by atoms with Gasteiger partial charge in [-0.25, -0.2) is 0 Å². The SMILES string of the molecule is CCC(C(=O)OC)C(C1CCCC1)N(C)C. The number of carbonyl (C=O) groups is 1. The van der Waals surface area contributed by atoms with Crippen molar-refractivity contribution in [3.63, 3.8) is 0 Å². The lowest BCUT2D eigenvalue weighted by Crippen LogP contribution is -2.44. The maximum atomic E-state index is 11.8. The van der Waals surface area contributed by atoms with Gasteiger partial charge >= 0.3 is 5.97 Å². The fourth-order valence-electron chi connectivity index (χ4n) is 3.11. The van der Waals surface area contributed by atoms with Crippen LogP contribution in [0.4, 0.5) is 0 Å². The Kier molecular flexibility index (Phi) is 5.26. The highest BCUT2D eigenvalue weighted by Gasteiger charge is 2.36. The first-order valence-corrected chi connectivity index (χ1v) is 6.36. The van der Waals surface area contributed by atoms with E-state index in [1.165, 1.54) is 32.8 Å². The smallest absolute Gasteiger partial charge is 0.310 e. The first kappa shape index (κ1) is 13.5. The summed E-state index contributed by atoms with van der Waals surface area (Å²) in [6, 6.07) is 0.347. The Morgan fingerprint density at radius 3 is 2.31 bits per heavy atom. The Balaban J connectivity index is 2.77. The van der Waals surface area contributed by atoms with E-state index in [4.69, 9.17) is 4.74 Å². The molecule has 2 atom stereocenters. The van der Waals surface area contributed by atoms with Crippen LogP contribution >= 0.6 is 0 Å². The van der Waals surface area contributed by atoms with E-state index in [0.717, 1.165) is 6.42 Å². The van der Waals surface area contributed by atoms with Crippen molar-refractivity contribution >= 4 is 5.97 Å².